The Balaban J connectivity index is 1.52. The zero-order valence-corrected chi connectivity index (χ0v) is 16.8. The van der Waals surface area contributed by atoms with E-state index >= 15 is 0 Å². The Bertz CT molecular complexity index is 1820. The maximum atomic E-state index is 2.37. The Morgan fingerprint density at radius 2 is 0.806 bits per heavy atom. The molecule has 0 aliphatic heterocycles. The second-order valence-electron chi connectivity index (χ2n) is 9.24. The summed E-state index contributed by atoms with van der Waals surface area (Å²) in [5.41, 5.74) is 8.91. The van der Waals surface area contributed by atoms with Gasteiger partial charge in [0.15, 0.2) is 0 Å². The molecule has 0 saturated carbocycles. The lowest BCUT2D eigenvalue weighted by molar-refractivity contribution is 1.49. The van der Waals surface area contributed by atoms with Gasteiger partial charge in [-0.15, -0.1) is 0 Å². The van der Waals surface area contributed by atoms with E-state index < -0.39 is 0 Å². The molecule has 0 nitrogen and oxygen atoms in total. The van der Waals surface area contributed by atoms with Gasteiger partial charge in [0.25, 0.3) is 0 Å². The Labute approximate surface area is 178 Å². The highest BCUT2D eigenvalue weighted by molar-refractivity contribution is 6.38. The van der Waals surface area contributed by atoms with E-state index in [1.54, 1.807) is 0 Å². The van der Waals surface area contributed by atoms with Crippen molar-refractivity contribution in [1.82, 2.24) is 0 Å². The second kappa shape index (κ2) is 4.71. The molecule has 0 heterocycles. The Kier molecular flexibility index (Phi) is 2.28. The summed E-state index contributed by atoms with van der Waals surface area (Å²) in [6.45, 7) is 0. The molecule has 6 aromatic rings. The van der Waals surface area contributed by atoms with E-state index in [-0.39, 0.29) is 0 Å². The second-order valence-corrected chi connectivity index (χ2v) is 9.24. The zero-order valence-electron chi connectivity index (χ0n) is 16.8. The first kappa shape index (κ1) is 15.0. The van der Waals surface area contributed by atoms with Crippen LogP contribution in [0, 0.1) is 0 Å². The lowest BCUT2D eigenvalue weighted by Gasteiger charge is -2.11. The van der Waals surface area contributed by atoms with Crippen molar-refractivity contribution < 1.29 is 0 Å². The van der Waals surface area contributed by atoms with Crippen molar-refractivity contribution in [3.05, 3.63) is 106 Å². The Morgan fingerprint density at radius 3 is 1.26 bits per heavy atom. The molecule has 0 saturated heterocycles. The van der Waals surface area contributed by atoms with Crippen LogP contribution in [0.25, 0.3) is 65.4 Å². The minimum atomic E-state index is 1.04. The number of fused-ring (bicyclic) bond motifs is 4. The molecule has 0 bridgehead atoms. The summed E-state index contributed by atoms with van der Waals surface area (Å²) in [7, 11) is 0. The topological polar surface area (TPSA) is 0 Å². The lowest BCUT2D eigenvalue weighted by Crippen LogP contribution is -2.05. The molecular weight excluding hydrogens is 372 g/mol. The zero-order chi connectivity index (χ0) is 19.8. The predicted molar refractivity (Wildman–Crippen MR) is 132 cm³/mol. The van der Waals surface area contributed by atoms with E-state index in [2.05, 4.69) is 84.9 Å². The SMILES string of the molecule is c1cc2ccc3c4c(ccc(c1)c24)=C1CC2=c4ccc5cccc6ccc(c4c65)C2=C13. The van der Waals surface area contributed by atoms with Gasteiger partial charge in [0.1, 0.15) is 0 Å². The van der Waals surface area contributed by atoms with Crippen molar-refractivity contribution >= 4 is 65.4 Å². The van der Waals surface area contributed by atoms with Crippen molar-refractivity contribution in [2.24, 2.45) is 0 Å². The fourth-order valence-corrected chi connectivity index (χ4v) is 6.79. The quantitative estimate of drug-likeness (QED) is 0.283. The first-order valence-electron chi connectivity index (χ1n) is 11.1. The van der Waals surface area contributed by atoms with Crippen molar-refractivity contribution in [2.75, 3.05) is 0 Å². The van der Waals surface area contributed by atoms with Crippen LogP contribution in [0.2, 0.25) is 0 Å². The third-order valence-electron chi connectivity index (χ3n) is 7.95. The summed E-state index contributed by atoms with van der Waals surface area (Å²) < 4.78 is 0. The van der Waals surface area contributed by atoms with Gasteiger partial charge < -0.3 is 0 Å². The van der Waals surface area contributed by atoms with Crippen molar-refractivity contribution in [2.45, 2.75) is 6.42 Å². The van der Waals surface area contributed by atoms with E-state index in [1.165, 1.54) is 86.9 Å². The Morgan fingerprint density at radius 1 is 0.387 bits per heavy atom. The molecule has 6 aromatic carbocycles. The number of hydrogen-bond donors (Lipinski definition) is 0. The smallest absolute Gasteiger partial charge is 0.0000645 e. The molecule has 0 N–H and O–H groups in total. The summed E-state index contributed by atoms with van der Waals surface area (Å²) in [5, 5.41) is 14.1. The average molecular weight is 388 g/mol. The summed E-state index contributed by atoms with van der Waals surface area (Å²) in [4.78, 5) is 0. The van der Waals surface area contributed by atoms with Crippen molar-refractivity contribution in [3.8, 4) is 0 Å². The van der Waals surface area contributed by atoms with Crippen LogP contribution in [0.3, 0.4) is 0 Å². The minimum absolute atomic E-state index is 1.04. The molecule has 31 heavy (non-hydrogen) atoms. The van der Waals surface area contributed by atoms with Crippen LogP contribution in [-0.2, 0) is 0 Å². The van der Waals surface area contributed by atoms with Gasteiger partial charge >= 0.3 is 0 Å². The maximum absolute atomic E-state index is 2.37. The molecule has 0 aromatic heterocycles. The third-order valence-corrected chi connectivity index (χ3v) is 7.95. The van der Waals surface area contributed by atoms with Gasteiger partial charge in [-0.1, -0.05) is 84.9 Å². The van der Waals surface area contributed by atoms with Crippen molar-refractivity contribution in [1.29, 1.82) is 0 Å². The first-order chi connectivity index (χ1) is 15.4. The summed E-state index contributed by atoms with van der Waals surface area (Å²) >= 11 is 0. The van der Waals surface area contributed by atoms with Gasteiger partial charge in [-0.2, -0.15) is 0 Å². The van der Waals surface area contributed by atoms with E-state index in [0.717, 1.165) is 6.42 Å². The molecule has 0 unspecified atom stereocenters. The fourth-order valence-electron chi connectivity index (χ4n) is 6.79. The molecule has 140 valence electrons. The molecule has 0 amide bonds. The highest BCUT2D eigenvalue weighted by Gasteiger charge is 2.36. The van der Waals surface area contributed by atoms with Crippen LogP contribution < -0.4 is 10.4 Å². The average Bonchev–Trinajstić information content (AvgIpc) is 3.44. The van der Waals surface area contributed by atoms with Crippen LogP contribution in [0.4, 0.5) is 0 Å². The molecule has 0 heteroatoms. The number of benzene rings is 6. The normalized spacial score (nSPS) is 16.0. The van der Waals surface area contributed by atoms with Crippen LogP contribution in [0.1, 0.15) is 17.5 Å². The molecule has 0 fully saturated rings. The minimum Gasteiger partial charge on any atom is -0.0610 e. The molecule has 3 aliphatic carbocycles. The molecule has 3 aliphatic rings. The summed E-state index contributed by atoms with van der Waals surface area (Å²) in [5.74, 6) is 0. The number of allylic oxidation sites excluding steroid dienone is 2. The molecule has 0 radical (unpaired) electrons. The molecule has 0 atom stereocenters. The predicted octanol–water partition coefficient (Wildman–Crippen LogP) is 6.38. The highest BCUT2D eigenvalue weighted by atomic mass is 14.4. The van der Waals surface area contributed by atoms with Crippen LogP contribution >= 0.6 is 0 Å². The fraction of sp³-hybridized carbons (Fsp3) is 0.0323. The molecule has 9 rings (SSSR count). The first-order valence-corrected chi connectivity index (χ1v) is 11.1. The highest BCUT2D eigenvalue weighted by Crippen LogP contribution is 2.55. The van der Waals surface area contributed by atoms with Crippen LogP contribution in [0.15, 0.2) is 84.9 Å². The van der Waals surface area contributed by atoms with Gasteiger partial charge in [0.2, 0.25) is 0 Å². The molecular formula is C31H16. The van der Waals surface area contributed by atoms with E-state index in [4.69, 9.17) is 0 Å². The van der Waals surface area contributed by atoms with E-state index in [9.17, 15) is 0 Å². The maximum Gasteiger partial charge on any atom is -0.0000645 e. The monoisotopic (exact) mass is 388 g/mol. The molecule has 0 spiro atoms. The van der Waals surface area contributed by atoms with E-state index in [0.29, 0.717) is 0 Å². The van der Waals surface area contributed by atoms with Gasteiger partial charge in [0, 0.05) is 0 Å². The van der Waals surface area contributed by atoms with Gasteiger partial charge in [-0.25, -0.2) is 0 Å². The van der Waals surface area contributed by atoms with E-state index in [1.807, 2.05) is 0 Å². The van der Waals surface area contributed by atoms with Crippen LogP contribution in [0.5, 0.6) is 0 Å². The Hall–Kier alpha value is -3.90. The summed E-state index contributed by atoms with van der Waals surface area (Å²) in [6.07, 6.45) is 1.04. The third kappa shape index (κ3) is 1.51. The van der Waals surface area contributed by atoms with Gasteiger partial charge in [-0.3, -0.25) is 0 Å². The van der Waals surface area contributed by atoms with Gasteiger partial charge in [-0.05, 0) is 93.4 Å². The number of rotatable bonds is 0. The number of hydrogen-bond acceptors (Lipinski definition) is 0. The van der Waals surface area contributed by atoms with Crippen LogP contribution in [-0.4, -0.2) is 0 Å². The lowest BCUT2D eigenvalue weighted by atomic mass is 9.92. The standard InChI is InChI=1S/C31H16/c1-3-16-7-11-20-24-15-25-21-12-8-17-4-2-6-19-10-14-23(29(21)27(17)19)31(25)30(24)22-13-9-18(5-1)26(16)28(20)22/h1-14H,15H2. The largest absolute Gasteiger partial charge is 0.0610 e. The summed E-state index contributed by atoms with van der Waals surface area (Å²) in [6, 6.07) is 32.1. The van der Waals surface area contributed by atoms with Crippen molar-refractivity contribution in [3.63, 3.8) is 0 Å². The van der Waals surface area contributed by atoms with Gasteiger partial charge in [0.05, 0.1) is 0 Å².